The van der Waals surface area contributed by atoms with Gasteiger partial charge >= 0.3 is 0 Å². The summed E-state index contributed by atoms with van der Waals surface area (Å²) in [5.74, 6) is -0.305. The van der Waals surface area contributed by atoms with Crippen molar-refractivity contribution in [3.8, 4) is 0 Å². The summed E-state index contributed by atoms with van der Waals surface area (Å²) in [5, 5.41) is 5.90. The van der Waals surface area contributed by atoms with Crippen molar-refractivity contribution in [2.75, 3.05) is 11.9 Å². The number of pyridine rings is 1. The average molecular weight is 421 g/mol. The number of carbonyl (C=O) groups is 2. The number of aryl methyl sites for hydroxylation is 1. The lowest BCUT2D eigenvalue weighted by Gasteiger charge is -2.22. The summed E-state index contributed by atoms with van der Waals surface area (Å²) in [4.78, 5) is 30.1. The van der Waals surface area contributed by atoms with Crippen LogP contribution in [-0.2, 0) is 16.1 Å². The number of nitrogens with zero attached hydrogens (tertiary/aromatic N) is 2. The largest absolute Gasteiger partial charge is 0.367 e. The minimum absolute atomic E-state index is 0.120. The van der Waals surface area contributed by atoms with E-state index in [1.54, 1.807) is 4.40 Å². The molecule has 7 nitrogen and oxygen atoms in total. The van der Waals surface area contributed by atoms with Gasteiger partial charge in [0.15, 0.2) is 11.5 Å². The Morgan fingerprint density at radius 3 is 2.65 bits per heavy atom. The lowest BCUT2D eigenvalue weighted by molar-refractivity contribution is -0.121. The van der Waals surface area contributed by atoms with E-state index in [4.69, 9.17) is 4.74 Å². The number of hydrogen-bond donors (Lipinski definition) is 2. The van der Waals surface area contributed by atoms with E-state index < -0.39 is 0 Å². The van der Waals surface area contributed by atoms with Gasteiger partial charge in [0.25, 0.3) is 11.8 Å². The summed E-state index contributed by atoms with van der Waals surface area (Å²) < 4.78 is 7.27. The summed E-state index contributed by atoms with van der Waals surface area (Å²) in [5.41, 5.74) is 2.95. The van der Waals surface area contributed by atoms with E-state index in [0.29, 0.717) is 17.9 Å². The quantitative estimate of drug-likeness (QED) is 0.608. The van der Waals surface area contributed by atoms with Gasteiger partial charge in [-0.1, -0.05) is 55.7 Å². The molecular formula is C24H28N4O3. The van der Waals surface area contributed by atoms with Gasteiger partial charge in [0, 0.05) is 12.2 Å². The summed E-state index contributed by atoms with van der Waals surface area (Å²) in [6.45, 7) is 2.18. The highest BCUT2D eigenvalue weighted by atomic mass is 16.5. The molecule has 0 unspecified atom stereocenters. The van der Waals surface area contributed by atoms with Crippen LogP contribution in [0.3, 0.4) is 0 Å². The third kappa shape index (κ3) is 5.30. The molecule has 0 spiro atoms. The number of amides is 2. The van der Waals surface area contributed by atoms with Gasteiger partial charge in [0.05, 0.1) is 6.61 Å². The third-order valence-corrected chi connectivity index (χ3v) is 5.52. The van der Waals surface area contributed by atoms with E-state index in [1.807, 2.05) is 55.6 Å². The molecule has 0 atom stereocenters. The molecule has 1 saturated carbocycles. The Kier molecular flexibility index (Phi) is 6.62. The molecule has 4 rings (SSSR count). The molecule has 0 aliphatic heterocycles. The molecule has 1 aromatic carbocycles. The van der Waals surface area contributed by atoms with Crippen LogP contribution in [-0.4, -0.2) is 33.8 Å². The summed E-state index contributed by atoms with van der Waals surface area (Å²) in [6.07, 6.45) is 7.29. The highest BCUT2D eigenvalue weighted by Crippen LogP contribution is 2.22. The molecular weight excluding hydrogens is 392 g/mol. The summed E-state index contributed by atoms with van der Waals surface area (Å²) in [6, 6.07) is 13.6. The van der Waals surface area contributed by atoms with Crippen LogP contribution in [0.15, 0.2) is 48.7 Å². The van der Waals surface area contributed by atoms with Crippen molar-refractivity contribution >= 4 is 23.3 Å². The van der Waals surface area contributed by atoms with E-state index in [2.05, 4.69) is 15.6 Å². The molecule has 0 saturated heterocycles. The van der Waals surface area contributed by atoms with Crippen molar-refractivity contribution in [1.82, 2.24) is 14.7 Å². The minimum atomic E-state index is -0.345. The smallest absolute Gasteiger partial charge is 0.272 e. The minimum Gasteiger partial charge on any atom is -0.367 e. The fourth-order valence-corrected chi connectivity index (χ4v) is 3.96. The Bertz CT molecular complexity index is 1060. The lowest BCUT2D eigenvalue weighted by atomic mass is 9.95. The van der Waals surface area contributed by atoms with Gasteiger partial charge in [-0.3, -0.25) is 14.0 Å². The lowest BCUT2D eigenvalue weighted by Crippen LogP contribution is -2.37. The molecule has 2 heterocycles. The van der Waals surface area contributed by atoms with E-state index >= 15 is 0 Å². The maximum absolute atomic E-state index is 13.1. The van der Waals surface area contributed by atoms with Crippen molar-refractivity contribution in [2.45, 2.75) is 51.7 Å². The molecule has 31 heavy (non-hydrogen) atoms. The van der Waals surface area contributed by atoms with Crippen LogP contribution in [0.2, 0.25) is 0 Å². The number of aromatic nitrogens is 2. The second-order valence-corrected chi connectivity index (χ2v) is 8.08. The predicted octanol–water partition coefficient (Wildman–Crippen LogP) is 3.86. The maximum atomic E-state index is 13.1. The molecule has 2 N–H and O–H groups in total. The number of imidazole rings is 1. The SMILES string of the molecule is Cc1ccc2nc(NC(=O)COCc3ccccc3)c(C(=O)NC3CCCCC3)n2c1. The molecule has 7 heteroatoms. The van der Waals surface area contributed by atoms with Crippen LogP contribution >= 0.6 is 0 Å². The van der Waals surface area contributed by atoms with Gasteiger partial charge in [-0.2, -0.15) is 0 Å². The van der Waals surface area contributed by atoms with E-state index in [9.17, 15) is 9.59 Å². The molecule has 0 bridgehead atoms. The number of nitrogens with one attached hydrogen (secondary N) is 2. The number of carbonyl (C=O) groups excluding carboxylic acids is 2. The second kappa shape index (κ2) is 9.75. The molecule has 162 valence electrons. The first-order valence-corrected chi connectivity index (χ1v) is 10.8. The first kappa shape index (κ1) is 21.1. The molecule has 1 fully saturated rings. The molecule has 2 aromatic heterocycles. The zero-order valence-electron chi connectivity index (χ0n) is 17.8. The molecule has 1 aliphatic carbocycles. The van der Waals surface area contributed by atoms with E-state index in [-0.39, 0.29) is 30.3 Å². The number of ether oxygens (including phenoxy) is 1. The van der Waals surface area contributed by atoms with Crippen LogP contribution in [0.4, 0.5) is 5.82 Å². The van der Waals surface area contributed by atoms with Gasteiger partial charge in [-0.25, -0.2) is 4.98 Å². The predicted molar refractivity (Wildman–Crippen MR) is 119 cm³/mol. The van der Waals surface area contributed by atoms with Gasteiger partial charge in [-0.05, 0) is 37.0 Å². The highest BCUT2D eigenvalue weighted by molar-refractivity contribution is 6.03. The number of benzene rings is 1. The van der Waals surface area contributed by atoms with Crippen LogP contribution in [0.1, 0.15) is 53.7 Å². The van der Waals surface area contributed by atoms with Crippen molar-refractivity contribution in [1.29, 1.82) is 0 Å². The van der Waals surface area contributed by atoms with Crippen molar-refractivity contribution in [3.63, 3.8) is 0 Å². The normalized spacial score (nSPS) is 14.5. The van der Waals surface area contributed by atoms with Crippen molar-refractivity contribution < 1.29 is 14.3 Å². The average Bonchev–Trinajstić information content (AvgIpc) is 3.12. The Balaban J connectivity index is 1.48. The van der Waals surface area contributed by atoms with Crippen LogP contribution < -0.4 is 10.6 Å². The Labute approximate surface area is 181 Å². The third-order valence-electron chi connectivity index (χ3n) is 5.52. The molecule has 1 aliphatic rings. The van der Waals surface area contributed by atoms with Crippen LogP contribution in [0.25, 0.3) is 5.65 Å². The molecule has 2 amide bonds. The zero-order chi connectivity index (χ0) is 21.6. The van der Waals surface area contributed by atoms with Crippen molar-refractivity contribution in [2.24, 2.45) is 0 Å². The van der Waals surface area contributed by atoms with E-state index in [1.165, 1.54) is 6.42 Å². The fraction of sp³-hybridized carbons (Fsp3) is 0.375. The first-order chi connectivity index (χ1) is 15.1. The van der Waals surface area contributed by atoms with Crippen molar-refractivity contribution in [3.05, 3.63) is 65.5 Å². The zero-order valence-corrected chi connectivity index (χ0v) is 17.8. The van der Waals surface area contributed by atoms with Gasteiger partial charge in [0.1, 0.15) is 12.3 Å². The Morgan fingerprint density at radius 1 is 1.10 bits per heavy atom. The Hall–Kier alpha value is -3.19. The van der Waals surface area contributed by atoms with Gasteiger partial charge < -0.3 is 15.4 Å². The fourth-order valence-electron chi connectivity index (χ4n) is 3.96. The standard InChI is InChI=1S/C24H28N4O3/c1-17-12-13-20-26-23(27-21(29)16-31-15-18-8-4-2-5-9-18)22(28(20)14-17)24(30)25-19-10-6-3-7-11-19/h2,4-5,8-9,12-14,19H,3,6-7,10-11,15-16H2,1H3,(H,25,30)(H,27,29). The summed E-state index contributed by atoms with van der Waals surface area (Å²) >= 11 is 0. The highest BCUT2D eigenvalue weighted by Gasteiger charge is 2.24. The van der Waals surface area contributed by atoms with Crippen LogP contribution in [0, 0.1) is 6.92 Å². The van der Waals surface area contributed by atoms with E-state index in [0.717, 1.165) is 36.8 Å². The topological polar surface area (TPSA) is 84.7 Å². The van der Waals surface area contributed by atoms with Gasteiger partial charge in [-0.15, -0.1) is 0 Å². The number of anilines is 1. The maximum Gasteiger partial charge on any atom is 0.272 e. The molecule has 3 aromatic rings. The Morgan fingerprint density at radius 2 is 1.87 bits per heavy atom. The first-order valence-electron chi connectivity index (χ1n) is 10.8. The summed E-state index contributed by atoms with van der Waals surface area (Å²) in [7, 11) is 0. The number of rotatable bonds is 7. The number of hydrogen-bond acceptors (Lipinski definition) is 4. The number of fused-ring (bicyclic) bond motifs is 1. The monoisotopic (exact) mass is 420 g/mol. The van der Waals surface area contributed by atoms with Crippen LogP contribution in [0.5, 0.6) is 0 Å². The second-order valence-electron chi connectivity index (χ2n) is 8.08. The van der Waals surface area contributed by atoms with Gasteiger partial charge in [0.2, 0.25) is 0 Å². The molecule has 0 radical (unpaired) electrons.